The highest BCUT2D eigenvalue weighted by atomic mass is 32.1. The Kier molecular flexibility index (Phi) is 11.9. The molecule has 0 fully saturated rings. The molecule has 0 saturated heterocycles. The number of nitrogens with two attached hydrogens (primary N) is 1. The van der Waals surface area contributed by atoms with E-state index < -0.39 is 47.9 Å². The molecule has 4 atom stereocenters. The fourth-order valence-electron chi connectivity index (χ4n) is 3.06. The van der Waals surface area contributed by atoms with Crippen molar-refractivity contribution in [3.8, 4) is 0 Å². The highest BCUT2D eigenvalue weighted by Crippen LogP contribution is 2.08. The molecule has 1 aromatic rings. The van der Waals surface area contributed by atoms with Gasteiger partial charge in [0.25, 0.3) is 0 Å². The van der Waals surface area contributed by atoms with Crippen LogP contribution in [0.3, 0.4) is 0 Å². The van der Waals surface area contributed by atoms with Gasteiger partial charge >= 0.3 is 5.97 Å². The van der Waals surface area contributed by atoms with E-state index in [0.29, 0.717) is 6.42 Å². The van der Waals surface area contributed by atoms with Crippen LogP contribution in [0.15, 0.2) is 30.3 Å². The first kappa shape index (κ1) is 28.4. The molecule has 6 N–H and O–H groups in total. The van der Waals surface area contributed by atoms with E-state index in [0.717, 1.165) is 5.56 Å². The van der Waals surface area contributed by atoms with Gasteiger partial charge in [-0.15, -0.1) is 0 Å². The van der Waals surface area contributed by atoms with Crippen LogP contribution >= 0.6 is 12.6 Å². The van der Waals surface area contributed by atoms with E-state index in [9.17, 15) is 24.3 Å². The molecule has 0 aromatic heterocycles. The first-order valence-electron chi connectivity index (χ1n) is 11.0. The van der Waals surface area contributed by atoms with Gasteiger partial charge in [-0.05, 0) is 23.8 Å². The van der Waals surface area contributed by atoms with Crippen LogP contribution in [-0.4, -0.2) is 58.7 Å². The number of carbonyl (C=O) groups excluding carboxylic acids is 3. The van der Waals surface area contributed by atoms with Crippen LogP contribution in [0.1, 0.15) is 39.7 Å². The second-order valence-electron chi connectivity index (χ2n) is 8.79. The second-order valence-corrected chi connectivity index (χ2v) is 9.16. The quantitative estimate of drug-likeness (QED) is 0.229. The minimum atomic E-state index is -1.19. The molecule has 0 heterocycles. The molecule has 1 rings (SSSR count). The molecule has 0 aliphatic rings. The summed E-state index contributed by atoms with van der Waals surface area (Å²) < 4.78 is 0. The average Bonchev–Trinajstić information content (AvgIpc) is 2.75. The lowest BCUT2D eigenvalue weighted by atomic mass is 10.00. The zero-order valence-corrected chi connectivity index (χ0v) is 20.5. The van der Waals surface area contributed by atoms with Crippen molar-refractivity contribution < 1.29 is 24.3 Å². The zero-order chi connectivity index (χ0) is 25.1. The van der Waals surface area contributed by atoms with Crippen LogP contribution in [0.2, 0.25) is 0 Å². The molecule has 184 valence electrons. The van der Waals surface area contributed by atoms with E-state index in [-0.39, 0.29) is 24.0 Å². The van der Waals surface area contributed by atoms with Gasteiger partial charge in [0, 0.05) is 12.2 Å². The van der Waals surface area contributed by atoms with Gasteiger partial charge in [0.15, 0.2) is 0 Å². The maximum atomic E-state index is 12.9. The minimum Gasteiger partial charge on any atom is -0.480 e. The van der Waals surface area contributed by atoms with E-state index in [1.807, 2.05) is 19.9 Å². The van der Waals surface area contributed by atoms with Crippen LogP contribution in [0, 0.1) is 11.8 Å². The Morgan fingerprint density at radius 2 is 1.39 bits per heavy atom. The Bertz CT molecular complexity index is 803. The topological polar surface area (TPSA) is 151 Å². The normalized spacial score (nSPS) is 14.8. The number of aliphatic carboxylic acids is 1. The monoisotopic (exact) mass is 480 g/mol. The number of hydrogen-bond acceptors (Lipinski definition) is 6. The summed E-state index contributed by atoms with van der Waals surface area (Å²) in [6.45, 7) is 7.41. The van der Waals surface area contributed by atoms with E-state index in [1.54, 1.807) is 38.1 Å². The fourth-order valence-corrected chi connectivity index (χ4v) is 3.32. The number of carbonyl (C=O) groups is 4. The largest absolute Gasteiger partial charge is 0.480 e. The lowest BCUT2D eigenvalue weighted by Crippen LogP contribution is -2.58. The third-order valence-corrected chi connectivity index (χ3v) is 5.44. The lowest BCUT2D eigenvalue weighted by Gasteiger charge is -2.26. The van der Waals surface area contributed by atoms with Gasteiger partial charge in [0.1, 0.15) is 18.1 Å². The van der Waals surface area contributed by atoms with Gasteiger partial charge in [-0.2, -0.15) is 12.6 Å². The highest BCUT2D eigenvalue weighted by molar-refractivity contribution is 7.80. The number of nitrogens with one attached hydrogen (secondary N) is 3. The number of rotatable bonds is 13. The summed E-state index contributed by atoms with van der Waals surface area (Å²) in [6.07, 6.45) is 0.434. The molecule has 1 aromatic carbocycles. The molecule has 0 bridgehead atoms. The average molecular weight is 481 g/mol. The minimum absolute atomic E-state index is 0.0525. The maximum absolute atomic E-state index is 12.9. The van der Waals surface area contributed by atoms with Gasteiger partial charge in [-0.1, -0.05) is 58.0 Å². The van der Waals surface area contributed by atoms with Gasteiger partial charge in [-0.25, -0.2) is 4.79 Å². The van der Waals surface area contributed by atoms with Crippen LogP contribution in [0.4, 0.5) is 0 Å². The number of hydrogen-bond donors (Lipinski definition) is 6. The van der Waals surface area contributed by atoms with Gasteiger partial charge in [0.05, 0.1) is 6.04 Å². The molecule has 0 spiro atoms. The Labute approximate surface area is 200 Å². The van der Waals surface area contributed by atoms with E-state index in [1.165, 1.54) is 0 Å². The van der Waals surface area contributed by atoms with Crippen LogP contribution < -0.4 is 21.7 Å². The van der Waals surface area contributed by atoms with Gasteiger partial charge < -0.3 is 26.8 Å². The summed E-state index contributed by atoms with van der Waals surface area (Å²) in [5.41, 5.74) is 6.63. The summed E-state index contributed by atoms with van der Waals surface area (Å²) >= 11 is 4.14. The van der Waals surface area contributed by atoms with Crippen molar-refractivity contribution in [2.24, 2.45) is 17.6 Å². The van der Waals surface area contributed by atoms with Crippen LogP contribution in [0.5, 0.6) is 0 Å². The molecule has 3 amide bonds. The van der Waals surface area contributed by atoms with E-state index in [4.69, 9.17) is 5.73 Å². The van der Waals surface area contributed by atoms with Crippen LogP contribution in [0.25, 0.3) is 0 Å². The number of carboxylic acids is 1. The number of thiol groups is 1. The van der Waals surface area contributed by atoms with Crippen molar-refractivity contribution in [2.45, 2.75) is 64.7 Å². The summed E-state index contributed by atoms with van der Waals surface area (Å²) in [5.74, 6) is -2.95. The third-order valence-electron chi connectivity index (χ3n) is 5.07. The Morgan fingerprint density at radius 3 is 1.88 bits per heavy atom. The Morgan fingerprint density at radius 1 is 0.879 bits per heavy atom. The summed E-state index contributed by atoms with van der Waals surface area (Å²) in [6, 6.07) is 4.98. The molecule has 0 aliphatic heterocycles. The molecule has 4 unspecified atom stereocenters. The van der Waals surface area contributed by atoms with Crippen molar-refractivity contribution in [3.05, 3.63) is 35.9 Å². The molecular weight excluding hydrogens is 444 g/mol. The SMILES string of the molecule is CC(C)CC(NC(=O)C(N)C(C)C)C(=O)NC(CS)C(=O)NC(Cc1ccccc1)C(=O)O. The van der Waals surface area contributed by atoms with Crippen molar-refractivity contribution >= 4 is 36.3 Å². The van der Waals surface area contributed by atoms with Crippen LogP contribution in [-0.2, 0) is 25.6 Å². The van der Waals surface area contributed by atoms with Crippen molar-refractivity contribution in [2.75, 3.05) is 5.75 Å². The molecule has 0 radical (unpaired) electrons. The standard InChI is InChI=1S/C23H36N4O5S/c1-13(2)10-16(25-22(30)19(24)14(3)4)20(28)27-18(12-33)21(29)26-17(23(31)32)11-15-8-6-5-7-9-15/h5-9,13-14,16-19,33H,10-12,24H2,1-4H3,(H,25,30)(H,26,29)(H,27,28)(H,31,32). The van der Waals surface area contributed by atoms with Gasteiger partial charge in [0.2, 0.25) is 17.7 Å². The number of benzene rings is 1. The lowest BCUT2D eigenvalue weighted by molar-refractivity contribution is -0.142. The first-order chi connectivity index (χ1) is 15.5. The molecule has 9 nitrogen and oxygen atoms in total. The maximum Gasteiger partial charge on any atom is 0.326 e. The predicted octanol–water partition coefficient (Wildman–Crippen LogP) is 0.727. The van der Waals surface area contributed by atoms with Crippen molar-refractivity contribution in [1.29, 1.82) is 0 Å². The van der Waals surface area contributed by atoms with E-state index in [2.05, 4.69) is 28.6 Å². The third kappa shape index (κ3) is 9.83. The molecular formula is C23H36N4O5S. The molecule has 33 heavy (non-hydrogen) atoms. The van der Waals surface area contributed by atoms with Crippen molar-refractivity contribution in [3.63, 3.8) is 0 Å². The first-order valence-corrected chi connectivity index (χ1v) is 11.6. The highest BCUT2D eigenvalue weighted by Gasteiger charge is 2.30. The fraction of sp³-hybridized carbons (Fsp3) is 0.565. The smallest absolute Gasteiger partial charge is 0.326 e. The summed E-state index contributed by atoms with van der Waals surface area (Å²) in [4.78, 5) is 49.7. The second kappa shape index (κ2) is 13.8. The summed E-state index contributed by atoms with van der Waals surface area (Å²) in [5, 5.41) is 17.2. The molecule has 0 saturated carbocycles. The Balaban J connectivity index is 2.87. The Hall–Kier alpha value is -2.59. The predicted molar refractivity (Wildman–Crippen MR) is 130 cm³/mol. The zero-order valence-electron chi connectivity index (χ0n) is 19.6. The van der Waals surface area contributed by atoms with Crippen molar-refractivity contribution in [1.82, 2.24) is 16.0 Å². The molecule has 10 heteroatoms. The summed E-state index contributed by atoms with van der Waals surface area (Å²) in [7, 11) is 0. The molecule has 0 aliphatic carbocycles. The number of carboxylic acid groups (broad SMARTS) is 1. The van der Waals surface area contributed by atoms with E-state index >= 15 is 0 Å². The van der Waals surface area contributed by atoms with Gasteiger partial charge in [-0.3, -0.25) is 14.4 Å². The number of amides is 3.